The van der Waals surface area contributed by atoms with Crippen LogP contribution in [0.3, 0.4) is 0 Å². The van der Waals surface area contributed by atoms with Gasteiger partial charge >= 0.3 is 5.97 Å². The van der Waals surface area contributed by atoms with Crippen molar-refractivity contribution in [3.63, 3.8) is 0 Å². The highest BCUT2D eigenvalue weighted by Gasteiger charge is 2.34. The second kappa shape index (κ2) is 9.59. The van der Waals surface area contributed by atoms with Gasteiger partial charge in [-0.1, -0.05) is 13.3 Å². The van der Waals surface area contributed by atoms with E-state index in [1.807, 2.05) is 6.92 Å². The van der Waals surface area contributed by atoms with E-state index in [4.69, 9.17) is 4.74 Å². The zero-order valence-electron chi connectivity index (χ0n) is 15.0. The van der Waals surface area contributed by atoms with E-state index >= 15 is 0 Å². The lowest BCUT2D eigenvalue weighted by Gasteiger charge is -2.23. The van der Waals surface area contributed by atoms with Gasteiger partial charge in [-0.25, -0.2) is 4.79 Å². The minimum absolute atomic E-state index is 0.0173. The van der Waals surface area contributed by atoms with Gasteiger partial charge in [0.1, 0.15) is 6.04 Å². The van der Waals surface area contributed by atoms with Crippen LogP contribution in [0.1, 0.15) is 42.1 Å². The molecular weight excluding hydrogens is 356 g/mol. The third kappa shape index (κ3) is 5.22. The number of aromatic carboxylic acids is 1. The number of unbranched alkanes of at least 4 members (excludes halogenated alkanes) is 1. The summed E-state index contributed by atoms with van der Waals surface area (Å²) in [6.45, 7) is 2.26. The molecule has 1 unspecified atom stereocenters. The minimum atomic E-state index is -1.08. The van der Waals surface area contributed by atoms with E-state index in [1.165, 1.54) is 19.2 Å². The molecule has 0 spiro atoms. The summed E-state index contributed by atoms with van der Waals surface area (Å²) in [7, 11) is 1.52. The first kappa shape index (κ1) is 20.3. The maximum absolute atomic E-state index is 12.7. The van der Waals surface area contributed by atoms with Crippen LogP contribution in [0.5, 0.6) is 0 Å². The molecule has 0 aromatic heterocycles. The molecule has 142 valence electrons. The number of thioether (sulfide) groups is 1. The van der Waals surface area contributed by atoms with Gasteiger partial charge in [-0.3, -0.25) is 9.59 Å². The van der Waals surface area contributed by atoms with Gasteiger partial charge in [-0.15, -0.1) is 11.8 Å². The minimum Gasteiger partial charge on any atom is -0.478 e. The van der Waals surface area contributed by atoms with E-state index in [9.17, 15) is 19.5 Å². The molecule has 1 heterocycles. The van der Waals surface area contributed by atoms with Crippen molar-refractivity contribution in [3.8, 4) is 0 Å². The van der Waals surface area contributed by atoms with Crippen LogP contribution in [0.15, 0.2) is 18.2 Å². The Kier molecular flexibility index (Phi) is 7.47. The number of hydrogen-bond donors (Lipinski definition) is 2. The largest absolute Gasteiger partial charge is 0.478 e. The van der Waals surface area contributed by atoms with E-state index in [-0.39, 0.29) is 24.0 Å². The molecule has 0 radical (unpaired) electrons. The Morgan fingerprint density at radius 3 is 2.77 bits per heavy atom. The summed E-state index contributed by atoms with van der Waals surface area (Å²) >= 11 is 1.54. The van der Waals surface area contributed by atoms with E-state index in [0.29, 0.717) is 29.3 Å². The number of carboxylic acid groups (broad SMARTS) is 1. The van der Waals surface area contributed by atoms with E-state index in [0.717, 1.165) is 12.8 Å². The molecule has 1 aliphatic heterocycles. The molecule has 0 saturated carbocycles. The van der Waals surface area contributed by atoms with Crippen LogP contribution in [0.25, 0.3) is 0 Å². The zero-order chi connectivity index (χ0) is 19.1. The lowest BCUT2D eigenvalue weighted by Crippen LogP contribution is -2.44. The van der Waals surface area contributed by atoms with E-state index in [2.05, 4.69) is 5.32 Å². The zero-order valence-corrected chi connectivity index (χ0v) is 15.8. The third-order valence-electron chi connectivity index (χ3n) is 4.07. The smallest absolute Gasteiger partial charge is 0.335 e. The molecule has 2 amide bonds. The first-order valence-corrected chi connectivity index (χ1v) is 9.66. The van der Waals surface area contributed by atoms with Crippen molar-refractivity contribution in [1.29, 1.82) is 0 Å². The number of methoxy groups -OCH3 is 1. The van der Waals surface area contributed by atoms with Crippen molar-refractivity contribution in [1.82, 2.24) is 4.90 Å². The summed E-state index contributed by atoms with van der Waals surface area (Å²) in [5.74, 6) is -0.355. The molecule has 1 aromatic carbocycles. The molecule has 0 aliphatic carbocycles. The molecule has 1 fully saturated rings. The van der Waals surface area contributed by atoms with E-state index in [1.54, 1.807) is 22.7 Å². The molecule has 1 saturated heterocycles. The molecule has 0 bridgehead atoms. The summed E-state index contributed by atoms with van der Waals surface area (Å²) in [6.07, 6.45) is 2.16. The van der Waals surface area contributed by atoms with Crippen LogP contribution >= 0.6 is 11.8 Å². The Morgan fingerprint density at radius 2 is 2.12 bits per heavy atom. The second-order valence-corrected chi connectivity index (χ2v) is 7.13. The molecule has 2 N–H and O–H groups in total. The molecule has 1 atom stereocenters. The number of anilines is 1. The topological polar surface area (TPSA) is 95.9 Å². The summed E-state index contributed by atoms with van der Waals surface area (Å²) < 4.78 is 5.05. The highest BCUT2D eigenvalue weighted by atomic mass is 32.2. The van der Waals surface area contributed by atoms with Crippen LogP contribution in [0, 0.1) is 0 Å². The molecule has 8 heteroatoms. The fraction of sp³-hybridized carbons (Fsp3) is 0.500. The molecule has 26 heavy (non-hydrogen) atoms. The molecular formula is C18H24N2O5S. The number of nitrogens with one attached hydrogen (secondary N) is 1. The SMILES string of the molecule is CCCCC(=O)N1CSCC1C(=O)Nc1cc(COC)cc(C(=O)O)c1. The number of carboxylic acids is 1. The Balaban J connectivity index is 2.12. The Morgan fingerprint density at radius 1 is 1.35 bits per heavy atom. The van der Waals surface area contributed by atoms with Crippen molar-refractivity contribution in [2.45, 2.75) is 38.8 Å². The van der Waals surface area contributed by atoms with Gasteiger partial charge in [0.05, 0.1) is 18.0 Å². The summed E-state index contributed by atoms with van der Waals surface area (Å²) in [5, 5.41) is 12.0. The fourth-order valence-electron chi connectivity index (χ4n) is 2.74. The number of nitrogens with zero attached hydrogens (tertiary/aromatic N) is 1. The Hall–Kier alpha value is -2.06. The van der Waals surface area contributed by atoms with Crippen molar-refractivity contribution >= 4 is 35.2 Å². The molecule has 7 nitrogen and oxygen atoms in total. The van der Waals surface area contributed by atoms with Crippen molar-refractivity contribution in [2.24, 2.45) is 0 Å². The first-order chi connectivity index (χ1) is 12.5. The summed E-state index contributed by atoms with van der Waals surface area (Å²) in [6, 6.07) is 4.06. The summed E-state index contributed by atoms with van der Waals surface area (Å²) in [4.78, 5) is 37.8. The number of rotatable bonds is 8. The Labute approximate surface area is 157 Å². The number of ether oxygens (including phenoxy) is 1. The first-order valence-electron chi connectivity index (χ1n) is 8.50. The normalized spacial score (nSPS) is 16.5. The maximum Gasteiger partial charge on any atom is 0.335 e. The molecule has 1 aliphatic rings. The maximum atomic E-state index is 12.7. The van der Waals surface area contributed by atoms with Crippen LogP contribution in [-0.4, -0.2) is 52.6 Å². The van der Waals surface area contributed by atoms with Crippen molar-refractivity contribution in [2.75, 3.05) is 24.1 Å². The van der Waals surface area contributed by atoms with Crippen LogP contribution < -0.4 is 5.32 Å². The van der Waals surface area contributed by atoms with Gasteiger partial charge in [-0.2, -0.15) is 0 Å². The quantitative estimate of drug-likeness (QED) is 0.720. The second-order valence-electron chi connectivity index (χ2n) is 6.13. The Bertz CT molecular complexity index is 680. The average Bonchev–Trinajstić information content (AvgIpc) is 3.09. The highest BCUT2D eigenvalue weighted by molar-refractivity contribution is 7.99. The monoisotopic (exact) mass is 380 g/mol. The van der Waals surface area contributed by atoms with Crippen LogP contribution in [0.2, 0.25) is 0 Å². The van der Waals surface area contributed by atoms with Gasteiger partial charge in [0.15, 0.2) is 0 Å². The average molecular weight is 380 g/mol. The lowest BCUT2D eigenvalue weighted by atomic mass is 10.1. The van der Waals surface area contributed by atoms with Gasteiger partial charge in [0.2, 0.25) is 11.8 Å². The van der Waals surface area contributed by atoms with Crippen LogP contribution in [-0.2, 0) is 20.9 Å². The van der Waals surface area contributed by atoms with Gasteiger partial charge in [-0.05, 0) is 30.2 Å². The number of amides is 2. The highest BCUT2D eigenvalue weighted by Crippen LogP contribution is 2.24. The van der Waals surface area contributed by atoms with Crippen molar-refractivity contribution < 1.29 is 24.2 Å². The fourth-order valence-corrected chi connectivity index (χ4v) is 3.92. The standard InChI is InChI=1S/C18H24N2O5S/c1-3-4-5-16(21)20-11-26-10-15(20)17(22)19-14-7-12(9-25-2)6-13(8-14)18(23)24/h6-8,15H,3-5,9-11H2,1-2H3,(H,19,22)(H,23,24). The number of carbonyl (C=O) groups excluding carboxylic acids is 2. The van der Waals surface area contributed by atoms with Gasteiger partial charge in [0.25, 0.3) is 0 Å². The lowest BCUT2D eigenvalue weighted by molar-refractivity contribution is -0.136. The summed E-state index contributed by atoms with van der Waals surface area (Å²) in [5.41, 5.74) is 1.12. The van der Waals surface area contributed by atoms with Gasteiger partial charge in [0, 0.05) is 25.0 Å². The number of carbonyl (C=O) groups is 3. The van der Waals surface area contributed by atoms with Crippen molar-refractivity contribution in [3.05, 3.63) is 29.3 Å². The van der Waals surface area contributed by atoms with Crippen LogP contribution in [0.4, 0.5) is 5.69 Å². The molecule has 2 rings (SSSR count). The molecule has 1 aromatic rings. The van der Waals surface area contributed by atoms with Gasteiger partial charge < -0.3 is 20.1 Å². The van der Waals surface area contributed by atoms with E-state index < -0.39 is 12.0 Å². The number of hydrogen-bond acceptors (Lipinski definition) is 5. The predicted octanol–water partition coefficient (Wildman–Crippen LogP) is 2.56. The number of benzene rings is 1. The third-order valence-corrected chi connectivity index (χ3v) is 5.08. The predicted molar refractivity (Wildman–Crippen MR) is 100 cm³/mol.